The van der Waals surface area contributed by atoms with E-state index in [0.717, 1.165) is 25.2 Å². The number of carbonyl (C=O) groups is 2. The van der Waals surface area contributed by atoms with Gasteiger partial charge in [-0.3, -0.25) is 19.5 Å². The zero-order valence-electron chi connectivity index (χ0n) is 24.1. The monoisotopic (exact) mass is 621 g/mol. The number of fused-ring (bicyclic) bond motifs is 1. The smallest absolute Gasteiger partial charge is 0.338 e. The number of benzene rings is 1. The van der Waals surface area contributed by atoms with Crippen LogP contribution in [-0.4, -0.2) is 50.5 Å². The van der Waals surface area contributed by atoms with E-state index in [1.807, 2.05) is 28.8 Å². The van der Waals surface area contributed by atoms with Gasteiger partial charge in [-0.15, -0.1) is 0 Å². The third kappa shape index (κ3) is 6.90. The van der Waals surface area contributed by atoms with Crippen molar-refractivity contribution in [3.05, 3.63) is 98.1 Å². The fourth-order valence-corrected chi connectivity index (χ4v) is 5.91. The number of amides is 1. The molecule has 0 saturated heterocycles. The van der Waals surface area contributed by atoms with Crippen molar-refractivity contribution in [2.24, 2.45) is 0 Å². The van der Waals surface area contributed by atoms with Gasteiger partial charge in [0.15, 0.2) is 0 Å². The van der Waals surface area contributed by atoms with E-state index in [0.29, 0.717) is 42.3 Å². The minimum atomic E-state index is -0.634. The van der Waals surface area contributed by atoms with Gasteiger partial charge in [0.1, 0.15) is 17.3 Å². The molecule has 1 N–H and O–H groups in total. The van der Waals surface area contributed by atoms with Gasteiger partial charge < -0.3 is 14.6 Å². The summed E-state index contributed by atoms with van der Waals surface area (Å²) in [7, 11) is 0. The molecule has 3 aromatic heterocycles. The lowest BCUT2D eigenvalue weighted by molar-refractivity contribution is 0.0173. The Labute approximate surface area is 259 Å². The molecule has 1 aromatic carbocycles. The summed E-state index contributed by atoms with van der Waals surface area (Å²) in [5.41, 5.74) is 1.87. The lowest BCUT2D eigenvalue weighted by Crippen LogP contribution is -2.29. The highest BCUT2D eigenvalue weighted by atomic mass is 35.5. The Hall–Kier alpha value is -3.79. The number of halogens is 2. The first-order chi connectivity index (χ1) is 20.8. The Kier molecular flexibility index (Phi) is 9.75. The Morgan fingerprint density at radius 3 is 2.35 bits per heavy atom. The Bertz CT molecular complexity index is 1660. The lowest BCUT2D eigenvalue weighted by Gasteiger charge is -2.31. The van der Waals surface area contributed by atoms with Crippen molar-refractivity contribution in [3.63, 3.8) is 0 Å². The first kappa shape index (κ1) is 30.7. The van der Waals surface area contributed by atoms with E-state index in [4.69, 9.17) is 27.9 Å². The van der Waals surface area contributed by atoms with Gasteiger partial charge in [0, 0.05) is 37.4 Å². The Morgan fingerprint density at radius 1 is 1.02 bits per heavy atom. The van der Waals surface area contributed by atoms with Crippen LogP contribution in [0.5, 0.6) is 0 Å². The third-order valence-corrected chi connectivity index (χ3v) is 8.50. The van der Waals surface area contributed by atoms with Gasteiger partial charge in [-0.05, 0) is 68.6 Å². The molecule has 9 nitrogen and oxygen atoms in total. The molecular formula is C32H33Cl2N5O4. The van der Waals surface area contributed by atoms with Crippen LogP contribution in [0.2, 0.25) is 10.0 Å². The van der Waals surface area contributed by atoms with Crippen molar-refractivity contribution in [2.75, 3.05) is 18.4 Å². The van der Waals surface area contributed by atoms with Crippen molar-refractivity contribution in [1.82, 2.24) is 19.4 Å². The number of carbonyl (C=O) groups excluding carboxylic acids is 2. The van der Waals surface area contributed by atoms with Crippen molar-refractivity contribution in [3.8, 4) is 0 Å². The van der Waals surface area contributed by atoms with Crippen LogP contribution in [0, 0.1) is 0 Å². The van der Waals surface area contributed by atoms with Crippen LogP contribution in [0.4, 0.5) is 5.69 Å². The van der Waals surface area contributed by atoms with E-state index >= 15 is 0 Å². The number of nitrogens with zero attached hydrogens (tertiary/aromatic N) is 4. The van der Waals surface area contributed by atoms with Gasteiger partial charge >= 0.3 is 5.97 Å². The topological polar surface area (TPSA) is 106 Å². The molecule has 3 heterocycles. The zero-order chi connectivity index (χ0) is 30.5. The fourth-order valence-electron chi connectivity index (χ4n) is 5.45. The van der Waals surface area contributed by atoms with E-state index in [-0.39, 0.29) is 39.4 Å². The first-order valence-corrected chi connectivity index (χ1v) is 15.2. The van der Waals surface area contributed by atoms with Gasteiger partial charge in [-0.1, -0.05) is 49.2 Å². The zero-order valence-corrected chi connectivity index (χ0v) is 25.6. The van der Waals surface area contributed by atoms with Crippen LogP contribution in [0.15, 0.2) is 66.0 Å². The molecule has 43 heavy (non-hydrogen) atoms. The maximum absolute atomic E-state index is 13.3. The summed E-state index contributed by atoms with van der Waals surface area (Å²) in [5.74, 6) is -0.967. The van der Waals surface area contributed by atoms with E-state index < -0.39 is 11.3 Å². The molecule has 0 radical (unpaired) electrons. The van der Waals surface area contributed by atoms with Crippen LogP contribution < -0.4 is 10.7 Å². The van der Waals surface area contributed by atoms with Crippen molar-refractivity contribution >= 4 is 51.8 Å². The van der Waals surface area contributed by atoms with E-state index in [9.17, 15) is 14.4 Å². The van der Waals surface area contributed by atoms with Crippen LogP contribution in [0.1, 0.15) is 71.9 Å². The minimum absolute atomic E-state index is 0.0491. The van der Waals surface area contributed by atoms with Gasteiger partial charge in [0.05, 0.1) is 26.7 Å². The molecule has 1 aliphatic rings. The summed E-state index contributed by atoms with van der Waals surface area (Å²) in [6.45, 7) is 7.05. The normalized spacial score (nSPS) is 16.8. The number of hydrogen-bond acceptors (Lipinski definition) is 7. The fraction of sp³-hybridized carbons (Fsp3) is 0.344. The molecule has 0 unspecified atom stereocenters. The lowest BCUT2D eigenvalue weighted by atomic mass is 9.92. The number of ether oxygens (including phenoxy) is 1. The van der Waals surface area contributed by atoms with Gasteiger partial charge in [-0.2, -0.15) is 0 Å². The highest BCUT2D eigenvalue weighted by molar-refractivity contribution is 6.39. The molecule has 0 atom stereocenters. The van der Waals surface area contributed by atoms with E-state index in [1.54, 1.807) is 24.5 Å². The number of anilines is 1. The minimum Gasteiger partial charge on any atom is -0.459 e. The largest absolute Gasteiger partial charge is 0.459 e. The quantitative estimate of drug-likeness (QED) is 0.212. The van der Waals surface area contributed by atoms with Crippen molar-refractivity contribution in [2.45, 2.75) is 58.2 Å². The second-order valence-corrected chi connectivity index (χ2v) is 11.4. The SMILES string of the molecule is CCN(CC)Cc1ccc(C(=O)OC2CCC(n3cc(C(=O)Nc4c(Cl)cncc4Cl)c(=O)c4cccnc43)CC2)cc1. The Morgan fingerprint density at radius 2 is 1.70 bits per heavy atom. The number of aromatic nitrogens is 3. The maximum Gasteiger partial charge on any atom is 0.338 e. The molecule has 0 bridgehead atoms. The molecular weight excluding hydrogens is 589 g/mol. The van der Waals surface area contributed by atoms with Crippen molar-refractivity contribution < 1.29 is 14.3 Å². The summed E-state index contributed by atoms with van der Waals surface area (Å²) >= 11 is 12.4. The number of hydrogen-bond donors (Lipinski definition) is 1. The number of rotatable bonds is 9. The number of esters is 1. The number of nitrogens with one attached hydrogen (secondary N) is 1. The predicted molar refractivity (Wildman–Crippen MR) is 168 cm³/mol. The average molecular weight is 623 g/mol. The molecule has 5 rings (SSSR count). The molecule has 1 aliphatic carbocycles. The molecule has 1 saturated carbocycles. The molecule has 4 aromatic rings. The molecule has 11 heteroatoms. The van der Waals surface area contributed by atoms with Gasteiger partial charge in [-0.25, -0.2) is 9.78 Å². The molecule has 1 fully saturated rings. The van der Waals surface area contributed by atoms with Crippen molar-refractivity contribution in [1.29, 1.82) is 0 Å². The second kappa shape index (κ2) is 13.7. The molecule has 224 valence electrons. The maximum atomic E-state index is 13.3. The summed E-state index contributed by atoms with van der Waals surface area (Å²) in [6, 6.07) is 10.9. The number of pyridine rings is 3. The average Bonchev–Trinajstić information content (AvgIpc) is 3.02. The van der Waals surface area contributed by atoms with E-state index in [2.05, 4.69) is 34.0 Å². The Balaban J connectivity index is 1.29. The van der Waals surface area contributed by atoms with Crippen LogP contribution >= 0.6 is 23.2 Å². The first-order valence-electron chi connectivity index (χ1n) is 14.4. The third-order valence-electron chi connectivity index (χ3n) is 7.93. The summed E-state index contributed by atoms with van der Waals surface area (Å²) < 4.78 is 7.75. The van der Waals surface area contributed by atoms with Crippen LogP contribution in [0.3, 0.4) is 0 Å². The molecule has 1 amide bonds. The van der Waals surface area contributed by atoms with Crippen LogP contribution in [-0.2, 0) is 11.3 Å². The predicted octanol–water partition coefficient (Wildman–Crippen LogP) is 6.53. The van der Waals surface area contributed by atoms with Crippen LogP contribution in [0.25, 0.3) is 11.0 Å². The summed E-state index contributed by atoms with van der Waals surface area (Å²) in [6.07, 6.45) is 8.30. The highest BCUT2D eigenvalue weighted by Gasteiger charge is 2.28. The summed E-state index contributed by atoms with van der Waals surface area (Å²) in [5, 5.41) is 3.31. The highest BCUT2D eigenvalue weighted by Crippen LogP contribution is 2.33. The molecule has 0 spiro atoms. The van der Waals surface area contributed by atoms with Gasteiger partial charge in [0.2, 0.25) is 5.43 Å². The molecule has 0 aliphatic heterocycles. The van der Waals surface area contributed by atoms with E-state index in [1.165, 1.54) is 12.4 Å². The standard InChI is InChI=1S/C32H33Cl2N5O4/c1-3-38(4-2)18-20-7-9-21(10-8-20)32(42)43-23-13-11-22(12-14-23)39-19-25(29(40)24-6-5-15-36-30(24)39)31(41)37-28-26(33)16-35-17-27(28)34/h5-10,15-17,19,22-23H,3-4,11-14,18H2,1-2H3,(H,35,37,41). The summed E-state index contributed by atoms with van der Waals surface area (Å²) in [4.78, 5) is 50.2. The van der Waals surface area contributed by atoms with Gasteiger partial charge in [0.25, 0.3) is 5.91 Å². The second-order valence-electron chi connectivity index (χ2n) is 10.6.